The van der Waals surface area contributed by atoms with Gasteiger partial charge in [-0.1, -0.05) is 11.6 Å². The first-order valence-electron chi connectivity index (χ1n) is 3.90. The summed E-state index contributed by atoms with van der Waals surface area (Å²) in [5, 5.41) is 8.90. The van der Waals surface area contributed by atoms with Crippen molar-refractivity contribution in [3.8, 4) is 5.75 Å². The number of hydrogen-bond donors (Lipinski definition) is 1. The van der Waals surface area contributed by atoms with E-state index in [-0.39, 0.29) is 21.9 Å². The molecule has 1 aromatic carbocycles. The Bertz CT molecular complexity index is 393. The zero-order valence-electron chi connectivity index (χ0n) is 7.63. The van der Waals surface area contributed by atoms with Crippen LogP contribution in [-0.4, -0.2) is 17.7 Å². The third-order valence-electron chi connectivity index (χ3n) is 1.68. The third kappa shape index (κ3) is 2.79. The average Bonchev–Trinajstić information content (AvgIpc) is 2.08. The normalized spacial score (nSPS) is 10.5. The Balaban J connectivity index is 3.27. The SMILES string of the molecule is Cc1cc(Cl)cc(C(=O)O)c1OC(F)F. The largest absolute Gasteiger partial charge is 0.478 e. The molecule has 0 saturated heterocycles. The Kier molecular flexibility index (Phi) is 3.47. The molecule has 0 amide bonds. The van der Waals surface area contributed by atoms with Gasteiger partial charge >= 0.3 is 12.6 Å². The number of carbonyl (C=O) groups is 1. The van der Waals surface area contributed by atoms with Gasteiger partial charge in [0.05, 0.1) is 0 Å². The zero-order chi connectivity index (χ0) is 11.6. The summed E-state index contributed by atoms with van der Waals surface area (Å²) in [7, 11) is 0. The van der Waals surface area contributed by atoms with Crippen molar-refractivity contribution >= 4 is 17.6 Å². The number of hydrogen-bond acceptors (Lipinski definition) is 2. The third-order valence-corrected chi connectivity index (χ3v) is 1.89. The molecule has 1 N–H and O–H groups in total. The fourth-order valence-electron chi connectivity index (χ4n) is 1.13. The van der Waals surface area contributed by atoms with Crippen molar-refractivity contribution < 1.29 is 23.4 Å². The van der Waals surface area contributed by atoms with E-state index in [2.05, 4.69) is 4.74 Å². The molecule has 0 radical (unpaired) electrons. The van der Waals surface area contributed by atoms with E-state index in [1.54, 1.807) is 0 Å². The van der Waals surface area contributed by atoms with E-state index in [4.69, 9.17) is 16.7 Å². The fourth-order valence-corrected chi connectivity index (χ4v) is 1.41. The lowest BCUT2D eigenvalue weighted by Crippen LogP contribution is -2.09. The van der Waals surface area contributed by atoms with Gasteiger partial charge in [-0.2, -0.15) is 8.78 Å². The second kappa shape index (κ2) is 4.44. The van der Waals surface area contributed by atoms with E-state index in [0.29, 0.717) is 0 Å². The number of benzene rings is 1. The molecule has 0 unspecified atom stereocenters. The smallest absolute Gasteiger partial charge is 0.387 e. The minimum absolute atomic E-state index is 0.159. The van der Waals surface area contributed by atoms with Gasteiger partial charge in [-0.15, -0.1) is 0 Å². The molecule has 0 aliphatic rings. The van der Waals surface area contributed by atoms with E-state index >= 15 is 0 Å². The van der Waals surface area contributed by atoms with Gasteiger partial charge in [-0.3, -0.25) is 0 Å². The van der Waals surface area contributed by atoms with Crippen molar-refractivity contribution in [2.75, 3.05) is 0 Å². The highest BCUT2D eigenvalue weighted by atomic mass is 35.5. The van der Waals surface area contributed by atoms with Crippen molar-refractivity contribution in [3.63, 3.8) is 0 Å². The molecule has 15 heavy (non-hydrogen) atoms. The predicted octanol–water partition coefficient (Wildman–Crippen LogP) is 2.95. The summed E-state index contributed by atoms with van der Waals surface area (Å²) in [5.74, 6) is -1.72. The Hall–Kier alpha value is -1.36. The summed E-state index contributed by atoms with van der Waals surface area (Å²) >= 11 is 5.60. The van der Waals surface area contributed by atoms with Gasteiger partial charge in [0, 0.05) is 5.02 Å². The van der Waals surface area contributed by atoms with Crippen LogP contribution in [0.25, 0.3) is 0 Å². The maximum Gasteiger partial charge on any atom is 0.387 e. The Morgan fingerprint density at radius 1 is 1.53 bits per heavy atom. The Morgan fingerprint density at radius 3 is 2.60 bits per heavy atom. The van der Waals surface area contributed by atoms with E-state index in [9.17, 15) is 13.6 Å². The zero-order valence-corrected chi connectivity index (χ0v) is 8.39. The van der Waals surface area contributed by atoms with Crippen molar-refractivity contribution in [1.82, 2.24) is 0 Å². The van der Waals surface area contributed by atoms with Gasteiger partial charge in [0.15, 0.2) is 0 Å². The van der Waals surface area contributed by atoms with Gasteiger partial charge in [0.2, 0.25) is 0 Å². The molecule has 0 saturated carbocycles. The molecule has 1 aromatic rings. The quantitative estimate of drug-likeness (QED) is 0.878. The summed E-state index contributed by atoms with van der Waals surface area (Å²) in [6.07, 6.45) is 0. The number of carboxylic acids is 1. The van der Waals surface area contributed by atoms with E-state index in [0.717, 1.165) is 6.07 Å². The monoisotopic (exact) mass is 236 g/mol. The Morgan fingerprint density at radius 2 is 2.13 bits per heavy atom. The van der Waals surface area contributed by atoms with Gasteiger partial charge in [-0.05, 0) is 24.6 Å². The van der Waals surface area contributed by atoms with Gasteiger partial charge < -0.3 is 9.84 Å². The molecule has 0 spiro atoms. The van der Waals surface area contributed by atoms with Crippen LogP contribution in [-0.2, 0) is 0 Å². The second-order valence-corrected chi connectivity index (χ2v) is 3.22. The van der Waals surface area contributed by atoms with Crippen LogP contribution < -0.4 is 4.74 Å². The van der Waals surface area contributed by atoms with Crippen LogP contribution in [0.1, 0.15) is 15.9 Å². The van der Waals surface area contributed by atoms with Crippen LogP contribution in [0.2, 0.25) is 5.02 Å². The van der Waals surface area contributed by atoms with E-state index in [1.807, 2.05) is 0 Å². The summed E-state index contributed by atoms with van der Waals surface area (Å²) in [5.41, 5.74) is -0.125. The van der Waals surface area contributed by atoms with Crippen LogP contribution >= 0.6 is 11.6 Å². The molecule has 82 valence electrons. The van der Waals surface area contributed by atoms with Gasteiger partial charge in [-0.25, -0.2) is 4.79 Å². The number of aryl methyl sites for hydroxylation is 1. The van der Waals surface area contributed by atoms with Crippen molar-refractivity contribution in [1.29, 1.82) is 0 Å². The lowest BCUT2D eigenvalue weighted by Gasteiger charge is -2.11. The first kappa shape index (κ1) is 11.7. The maximum atomic E-state index is 12.0. The highest BCUT2D eigenvalue weighted by molar-refractivity contribution is 6.31. The molecule has 3 nitrogen and oxygen atoms in total. The lowest BCUT2D eigenvalue weighted by atomic mass is 10.1. The molecular weight excluding hydrogens is 230 g/mol. The number of carboxylic acid groups (broad SMARTS) is 1. The molecular formula is C9H7ClF2O3. The lowest BCUT2D eigenvalue weighted by molar-refractivity contribution is -0.0507. The van der Waals surface area contributed by atoms with Crippen molar-refractivity contribution in [2.24, 2.45) is 0 Å². The van der Waals surface area contributed by atoms with Crippen LogP contribution in [0.3, 0.4) is 0 Å². The van der Waals surface area contributed by atoms with Crippen LogP contribution in [0, 0.1) is 6.92 Å². The minimum atomic E-state index is -3.07. The summed E-state index contributed by atoms with van der Waals surface area (Å²) in [6, 6.07) is 2.42. The highest BCUT2D eigenvalue weighted by Gasteiger charge is 2.18. The maximum absolute atomic E-state index is 12.0. The molecule has 0 atom stereocenters. The molecule has 0 bridgehead atoms. The molecule has 6 heteroatoms. The topological polar surface area (TPSA) is 46.5 Å². The van der Waals surface area contributed by atoms with Crippen molar-refractivity contribution in [2.45, 2.75) is 13.5 Å². The van der Waals surface area contributed by atoms with Crippen LogP contribution in [0.15, 0.2) is 12.1 Å². The number of rotatable bonds is 3. The first-order chi connectivity index (χ1) is 6.91. The number of halogens is 3. The fraction of sp³-hybridized carbons (Fsp3) is 0.222. The van der Waals surface area contributed by atoms with Gasteiger partial charge in [0.1, 0.15) is 11.3 Å². The first-order valence-corrected chi connectivity index (χ1v) is 4.28. The predicted molar refractivity (Wildman–Crippen MR) is 49.8 cm³/mol. The molecule has 0 heterocycles. The van der Waals surface area contributed by atoms with Crippen molar-refractivity contribution in [3.05, 3.63) is 28.3 Å². The van der Waals surface area contributed by atoms with E-state index in [1.165, 1.54) is 13.0 Å². The molecule has 0 fully saturated rings. The molecule has 0 aliphatic carbocycles. The standard InChI is InChI=1S/C9H7ClF2O3/c1-4-2-5(10)3-6(8(13)14)7(4)15-9(11)12/h2-3,9H,1H3,(H,13,14). The molecule has 1 rings (SSSR count). The van der Waals surface area contributed by atoms with Crippen LogP contribution in [0.4, 0.5) is 8.78 Å². The second-order valence-electron chi connectivity index (χ2n) is 2.78. The van der Waals surface area contributed by atoms with E-state index < -0.39 is 12.6 Å². The molecule has 0 aromatic heterocycles. The summed E-state index contributed by atoms with van der Waals surface area (Å²) in [6.45, 7) is -1.63. The van der Waals surface area contributed by atoms with Crippen LogP contribution in [0.5, 0.6) is 5.75 Å². The molecule has 0 aliphatic heterocycles. The average molecular weight is 237 g/mol. The highest BCUT2D eigenvalue weighted by Crippen LogP contribution is 2.29. The number of ether oxygens (including phenoxy) is 1. The minimum Gasteiger partial charge on any atom is -0.478 e. The number of aromatic carboxylic acids is 1. The number of alkyl halides is 2. The summed E-state index contributed by atoms with van der Waals surface area (Å²) in [4.78, 5) is 10.7. The van der Waals surface area contributed by atoms with Gasteiger partial charge in [0.25, 0.3) is 0 Å². The summed E-state index contributed by atoms with van der Waals surface area (Å²) < 4.78 is 28.1. The Labute approximate surface area is 89.2 Å².